The van der Waals surface area contributed by atoms with Crippen molar-refractivity contribution in [1.29, 1.82) is 0 Å². The summed E-state index contributed by atoms with van der Waals surface area (Å²) in [6, 6.07) is 5.22. The number of rotatable bonds is 6. The van der Waals surface area contributed by atoms with E-state index in [9.17, 15) is 18.0 Å². The van der Waals surface area contributed by atoms with E-state index in [-0.39, 0.29) is 28.5 Å². The summed E-state index contributed by atoms with van der Waals surface area (Å²) < 4.78 is 24.9. The van der Waals surface area contributed by atoms with E-state index in [2.05, 4.69) is 10.3 Å². The lowest BCUT2D eigenvalue weighted by Gasteiger charge is -2.07. The first-order valence-corrected chi connectivity index (χ1v) is 10.5. The lowest BCUT2D eigenvalue weighted by Crippen LogP contribution is -2.17. The van der Waals surface area contributed by atoms with E-state index in [4.69, 9.17) is 0 Å². The number of aryl methyl sites for hydroxylation is 2. The van der Waals surface area contributed by atoms with E-state index < -0.39 is 15.7 Å². The van der Waals surface area contributed by atoms with Crippen molar-refractivity contribution in [1.82, 2.24) is 4.98 Å². The largest absolute Gasteiger partial charge is 0.302 e. The minimum absolute atomic E-state index is 0.158. The van der Waals surface area contributed by atoms with Crippen molar-refractivity contribution in [2.24, 2.45) is 0 Å². The van der Waals surface area contributed by atoms with Crippen molar-refractivity contribution < 1.29 is 18.0 Å². The number of aromatic nitrogens is 1. The number of ketones is 1. The molecule has 0 atom stereocenters. The molecule has 0 saturated carbocycles. The molecule has 0 unspecified atom stereocenters. The van der Waals surface area contributed by atoms with Crippen LogP contribution in [-0.2, 0) is 27.5 Å². The van der Waals surface area contributed by atoms with Crippen LogP contribution in [-0.4, -0.2) is 30.8 Å². The summed E-state index contributed by atoms with van der Waals surface area (Å²) in [5.74, 6) is -0.882. The Bertz CT molecular complexity index is 932. The number of carbonyl (C=O) groups is 2. The zero-order chi connectivity index (χ0) is 18.0. The van der Waals surface area contributed by atoms with Crippen LogP contribution in [0.5, 0.6) is 0 Å². The van der Waals surface area contributed by atoms with Gasteiger partial charge in [0.2, 0.25) is 5.91 Å². The van der Waals surface area contributed by atoms with Gasteiger partial charge < -0.3 is 5.32 Å². The monoisotopic (exact) mass is 378 g/mol. The molecule has 0 radical (unpaired) electrons. The molecule has 132 valence electrons. The Morgan fingerprint density at radius 1 is 1.24 bits per heavy atom. The first kappa shape index (κ1) is 17.8. The van der Waals surface area contributed by atoms with E-state index in [0.717, 1.165) is 36.2 Å². The maximum Gasteiger partial charge on any atom is 0.227 e. The molecule has 3 rings (SSSR count). The van der Waals surface area contributed by atoms with E-state index in [1.165, 1.54) is 12.5 Å². The number of thiazole rings is 1. The molecule has 0 fully saturated rings. The molecule has 1 aromatic carbocycles. The highest BCUT2D eigenvalue weighted by atomic mass is 32.2. The normalized spacial score (nSPS) is 13.5. The smallest absolute Gasteiger partial charge is 0.227 e. The van der Waals surface area contributed by atoms with Gasteiger partial charge in [-0.3, -0.25) is 9.59 Å². The van der Waals surface area contributed by atoms with Crippen molar-refractivity contribution in [3.8, 4) is 0 Å². The van der Waals surface area contributed by atoms with E-state index in [0.29, 0.717) is 5.13 Å². The molecule has 1 amide bonds. The van der Waals surface area contributed by atoms with E-state index in [1.807, 2.05) is 6.07 Å². The third-order valence-corrected chi connectivity index (χ3v) is 6.61. The molecular formula is C17H18N2O4S2. The number of Topliss-reactive ketones (excluding diaryl/α,β-unsaturated/α-hetero) is 1. The summed E-state index contributed by atoms with van der Waals surface area (Å²) in [5, 5.41) is 4.39. The number of benzene rings is 1. The van der Waals surface area contributed by atoms with Gasteiger partial charge in [0, 0.05) is 18.7 Å². The number of fused-ring (bicyclic) bond motifs is 1. The zero-order valence-electron chi connectivity index (χ0n) is 13.7. The minimum Gasteiger partial charge on any atom is -0.302 e. The van der Waals surface area contributed by atoms with Gasteiger partial charge in [-0.1, -0.05) is 6.07 Å². The molecule has 1 aromatic heterocycles. The van der Waals surface area contributed by atoms with Crippen LogP contribution >= 0.6 is 11.3 Å². The van der Waals surface area contributed by atoms with Crippen LogP contribution in [0.15, 0.2) is 28.5 Å². The Labute approximate surface area is 150 Å². The SMILES string of the molecule is CC(=O)c1csc(NC(=O)CCS(=O)(=O)c2ccc3c(c2)CCC3)n1. The fraction of sp³-hybridized carbons (Fsp3) is 0.353. The third kappa shape index (κ3) is 4.13. The fourth-order valence-electron chi connectivity index (χ4n) is 2.76. The highest BCUT2D eigenvalue weighted by Crippen LogP contribution is 2.25. The van der Waals surface area contributed by atoms with Crippen LogP contribution in [0.25, 0.3) is 0 Å². The molecule has 25 heavy (non-hydrogen) atoms. The molecule has 1 aliphatic carbocycles. The van der Waals surface area contributed by atoms with E-state index in [1.54, 1.807) is 17.5 Å². The molecule has 6 nitrogen and oxygen atoms in total. The van der Waals surface area contributed by atoms with Crippen molar-refractivity contribution in [2.75, 3.05) is 11.1 Å². The summed E-state index contributed by atoms with van der Waals surface area (Å²) in [5.41, 5.74) is 2.58. The average Bonchev–Trinajstić information content (AvgIpc) is 3.21. The number of hydrogen-bond acceptors (Lipinski definition) is 6. The Morgan fingerprint density at radius 3 is 2.72 bits per heavy atom. The fourth-order valence-corrected chi connectivity index (χ4v) is 4.81. The Hall–Kier alpha value is -2.06. The highest BCUT2D eigenvalue weighted by Gasteiger charge is 2.20. The van der Waals surface area contributed by atoms with Gasteiger partial charge in [-0.25, -0.2) is 13.4 Å². The zero-order valence-corrected chi connectivity index (χ0v) is 15.4. The van der Waals surface area contributed by atoms with Crippen LogP contribution in [0.3, 0.4) is 0 Å². The summed E-state index contributed by atoms with van der Waals surface area (Å²) in [4.78, 5) is 27.4. The quantitative estimate of drug-likeness (QED) is 0.780. The van der Waals surface area contributed by atoms with Crippen LogP contribution in [0.2, 0.25) is 0 Å². The topological polar surface area (TPSA) is 93.2 Å². The number of hydrogen-bond donors (Lipinski definition) is 1. The van der Waals surface area contributed by atoms with E-state index >= 15 is 0 Å². The van der Waals surface area contributed by atoms with Gasteiger partial charge in [0.25, 0.3) is 0 Å². The summed E-state index contributed by atoms with van der Waals surface area (Å²) in [6.07, 6.45) is 2.79. The number of nitrogens with one attached hydrogen (secondary N) is 1. The van der Waals surface area contributed by atoms with Gasteiger partial charge >= 0.3 is 0 Å². The predicted molar refractivity (Wildman–Crippen MR) is 95.9 cm³/mol. The molecule has 1 N–H and O–H groups in total. The molecule has 1 heterocycles. The maximum absolute atomic E-state index is 12.4. The minimum atomic E-state index is -3.51. The van der Waals surface area contributed by atoms with Crippen LogP contribution < -0.4 is 5.32 Å². The number of amides is 1. The van der Waals surface area contributed by atoms with Gasteiger partial charge in [-0.05, 0) is 42.5 Å². The lowest BCUT2D eigenvalue weighted by atomic mass is 10.1. The standard InChI is InChI=1S/C17H18N2O4S2/c1-11(20)15-10-24-17(18-15)19-16(21)7-8-25(22,23)14-6-5-12-3-2-4-13(12)9-14/h5-6,9-10H,2-4,7-8H2,1H3,(H,18,19,21). The van der Waals surface area contributed by atoms with Crippen molar-refractivity contribution in [2.45, 2.75) is 37.5 Å². The second kappa shape index (κ2) is 7.05. The van der Waals surface area contributed by atoms with Crippen LogP contribution in [0.4, 0.5) is 5.13 Å². The molecule has 0 aliphatic heterocycles. The molecular weight excluding hydrogens is 360 g/mol. The Balaban J connectivity index is 1.61. The van der Waals surface area contributed by atoms with Crippen LogP contribution in [0, 0.1) is 0 Å². The van der Waals surface area contributed by atoms with Gasteiger partial charge in [-0.15, -0.1) is 11.3 Å². The Morgan fingerprint density at radius 2 is 2.00 bits per heavy atom. The first-order chi connectivity index (χ1) is 11.8. The molecule has 2 aromatic rings. The third-order valence-electron chi connectivity index (χ3n) is 4.14. The summed E-state index contributed by atoms with van der Waals surface area (Å²) >= 11 is 1.14. The Kier molecular flexibility index (Phi) is 5.01. The molecule has 0 bridgehead atoms. The predicted octanol–water partition coefficient (Wildman–Crippen LogP) is 2.64. The number of anilines is 1. The lowest BCUT2D eigenvalue weighted by molar-refractivity contribution is -0.115. The number of carbonyl (C=O) groups excluding carboxylic acids is 2. The number of sulfone groups is 1. The first-order valence-electron chi connectivity index (χ1n) is 7.96. The van der Waals surface area contributed by atoms with Gasteiger partial charge in [0.05, 0.1) is 10.6 Å². The molecule has 1 aliphatic rings. The summed E-state index contributed by atoms with van der Waals surface area (Å²) in [7, 11) is -3.51. The second-order valence-corrected chi connectivity index (χ2v) is 8.96. The molecule has 8 heteroatoms. The van der Waals surface area contributed by atoms with Crippen molar-refractivity contribution in [3.05, 3.63) is 40.4 Å². The number of nitrogens with zero attached hydrogens (tertiary/aromatic N) is 1. The molecule has 0 saturated heterocycles. The summed E-state index contributed by atoms with van der Waals surface area (Å²) in [6.45, 7) is 1.39. The van der Waals surface area contributed by atoms with Crippen LogP contribution in [0.1, 0.15) is 41.4 Å². The van der Waals surface area contributed by atoms with Crippen molar-refractivity contribution in [3.63, 3.8) is 0 Å². The highest BCUT2D eigenvalue weighted by molar-refractivity contribution is 7.91. The van der Waals surface area contributed by atoms with Gasteiger partial charge in [-0.2, -0.15) is 0 Å². The van der Waals surface area contributed by atoms with Gasteiger partial charge in [0.15, 0.2) is 20.8 Å². The maximum atomic E-state index is 12.4. The average molecular weight is 378 g/mol. The molecule has 0 spiro atoms. The second-order valence-electron chi connectivity index (χ2n) is 6.00. The van der Waals surface area contributed by atoms with Gasteiger partial charge in [0.1, 0.15) is 5.69 Å². The van der Waals surface area contributed by atoms with Crippen molar-refractivity contribution >= 4 is 38.0 Å².